The van der Waals surface area contributed by atoms with E-state index in [1.807, 2.05) is 12.1 Å². The summed E-state index contributed by atoms with van der Waals surface area (Å²) in [4.78, 5) is 1.30. The summed E-state index contributed by atoms with van der Waals surface area (Å²) >= 11 is 8.76. The van der Waals surface area contributed by atoms with E-state index in [2.05, 4.69) is 62.3 Å². The zero-order chi connectivity index (χ0) is 13.8. The first kappa shape index (κ1) is 15.0. The molecule has 102 valence electrons. The maximum atomic E-state index is 5.16. The number of methoxy groups -OCH3 is 1. The van der Waals surface area contributed by atoms with Gasteiger partial charge in [0.25, 0.3) is 0 Å². The minimum atomic E-state index is 0.311. The van der Waals surface area contributed by atoms with Crippen molar-refractivity contribution >= 4 is 43.2 Å². The lowest BCUT2D eigenvalue weighted by molar-refractivity contribution is 0.414. The molecular weight excluding hydrogens is 390 g/mol. The average molecular weight is 405 g/mol. The standard InChI is InChI=1S/C14H15Br2NOS/c1-9(10-3-5-11(18-2)6-4-10)17-8-12-7-13(15)14(16)19-12/h3-7,9,17H,8H2,1-2H3/t9-/m1/s1. The second kappa shape index (κ2) is 6.88. The topological polar surface area (TPSA) is 21.3 Å². The smallest absolute Gasteiger partial charge is 0.118 e. The fourth-order valence-corrected chi connectivity index (χ4v) is 3.87. The molecule has 0 unspecified atom stereocenters. The summed E-state index contributed by atoms with van der Waals surface area (Å²) in [5.41, 5.74) is 1.26. The van der Waals surface area contributed by atoms with Crippen molar-refractivity contribution < 1.29 is 4.74 Å². The third-order valence-corrected chi connectivity index (χ3v) is 6.15. The van der Waals surface area contributed by atoms with Crippen molar-refractivity contribution in [3.63, 3.8) is 0 Å². The third-order valence-electron chi connectivity index (χ3n) is 2.89. The molecule has 0 saturated carbocycles. The van der Waals surface area contributed by atoms with Crippen molar-refractivity contribution in [3.05, 3.63) is 49.0 Å². The molecule has 0 saturated heterocycles. The van der Waals surface area contributed by atoms with Crippen LogP contribution >= 0.6 is 43.2 Å². The lowest BCUT2D eigenvalue weighted by Gasteiger charge is -2.14. The lowest BCUT2D eigenvalue weighted by atomic mass is 10.1. The van der Waals surface area contributed by atoms with E-state index >= 15 is 0 Å². The Morgan fingerprint density at radius 2 is 1.95 bits per heavy atom. The molecule has 0 amide bonds. The molecule has 2 rings (SSSR count). The summed E-state index contributed by atoms with van der Waals surface area (Å²) in [5.74, 6) is 0.891. The normalized spacial score (nSPS) is 12.4. The van der Waals surface area contributed by atoms with Crippen LogP contribution in [0.4, 0.5) is 0 Å². The molecule has 19 heavy (non-hydrogen) atoms. The molecule has 0 aliphatic heterocycles. The van der Waals surface area contributed by atoms with Gasteiger partial charge in [0, 0.05) is 21.9 Å². The number of hydrogen-bond donors (Lipinski definition) is 1. The first-order chi connectivity index (χ1) is 9.10. The quantitative estimate of drug-likeness (QED) is 0.745. The molecule has 0 spiro atoms. The van der Waals surface area contributed by atoms with Crippen LogP contribution in [0.25, 0.3) is 0 Å². The van der Waals surface area contributed by atoms with Crippen LogP contribution in [0.3, 0.4) is 0 Å². The predicted molar refractivity (Wildman–Crippen MR) is 88.0 cm³/mol. The summed E-state index contributed by atoms with van der Waals surface area (Å²) < 4.78 is 7.42. The van der Waals surface area contributed by atoms with Gasteiger partial charge in [0.2, 0.25) is 0 Å². The van der Waals surface area contributed by atoms with E-state index in [1.54, 1.807) is 18.4 Å². The Balaban J connectivity index is 1.94. The largest absolute Gasteiger partial charge is 0.497 e. The molecular formula is C14H15Br2NOS. The van der Waals surface area contributed by atoms with Crippen LogP contribution in [0.1, 0.15) is 23.4 Å². The van der Waals surface area contributed by atoms with Crippen molar-refractivity contribution in [2.24, 2.45) is 0 Å². The van der Waals surface area contributed by atoms with Crippen molar-refractivity contribution in [1.82, 2.24) is 5.32 Å². The minimum Gasteiger partial charge on any atom is -0.497 e. The Hall–Kier alpha value is -0.360. The number of halogens is 2. The molecule has 1 heterocycles. The maximum Gasteiger partial charge on any atom is 0.118 e. The highest BCUT2D eigenvalue weighted by atomic mass is 79.9. The first-order valence-electron chi connectivity index (χ1n) is 5.91. The molecule has 0 radical (unpaired) electrons. The van der Waals surface area contributed by atoms with Crippen LogP contribution in [0.15, 0.2) is 38.6 Å². The van der Waals surface area contributed by atoms with Gasteiger partial charge < -0.3 is 10.1 Å². The number of nitrogens with one attached hydrogen (secondary N) is 1. The van der Waals surface area contributed by atoms with Gasteiger partial charge in [0.1, 0.15) is 5.75 Å². The molecule has 1 aromatic heterocycles. The number of benzene rings is 1. The second-order valence-corrected chi connectivity index (χ2v) is 7.52. The SMILES string of the molecule is COc1ccc([C@@H](C)NCc2cc(Br)c(Br)s2)cc1. The Labute approximate surface area is 134 Å². The molecule has 1 N–H and O–H groups in total. The molecule has 0 aliphatic carbocycles. The lowest BCUT2D eigenvalue weighted by Crippen LogP contribution is -2.17. The van der Waals surface area contributed by atoms with Gasteiger partial charge >= 0.3 is 0 Å². The van der Waals surface area contributed by atoms with Gasteiger partial charge in [-0.1, -0.05) is 12.1 Å². The van der Waals surface area contributed by atoms with Crippen LogP contribution in [0.2, 0.25) is 0 Å². The van der Waals surface area contributed by atoms with Gasteiger partial charge in [-0.3, -0.25) is 0 Å². The summed E-state index contributed by atoms with van der Waals surface area (Å²) in [6, 6.07) is 10.6. The molecule has 2 nitrogen and oxygen atoms in total. The van der Waals surface area contributed by atoms with E-state index < -0.39 is 0 Å². The van der Waals surface area contributed by atoms with Gasteiger partial charge in [0.05, 0.1) is 10.9 Å². The highest BCUT2D eigenvalue weighted by Crippen LogP contribution is 2.32. The summed E-state index contributed by atoms with van der Waals surface area (Å²) in [5, 5.41) is 3.52. The van der Waals surface area contributed by atoms with Crippen molar-refractivity contribution in [3.8, 4) is 5.75 Å². The highest BCUT2D eigenvalue weighted by Gasteiger charge is 2.08. The Morgan fingerprint density at radius 1 is 1.26 bits per heavy atom. The fourth-order valence-electron chi connectivity index (χ4n) is 1.74. The van der Waals surface area contributed by atoms with Gasteiger partial charge in [-0.25, -0.2) is 0 Å². The maximum absolute atomic E-state index is 5.16. The average Bonchev–Trinajstić information content (AvgIpc) is 2.75. The Kier molecular flexibility index (Phi) is 5.45. The minimum absolute atomic E-state index is 0.311. The van der Waals surface area contributed by atoms with E-state index in [0.717, 1.165) is 20.6 Å². The monoisotopic (exact) mass is 403 g/mol. The van der Waals surface area contributed by atoms with E-state index in [9.17, 15) is 0 Å². The molecule has 1 atom stereocenters. The summed E-state index contributed by atoms with van der Waals surface area (Å²) in [6.45, 7) is 3.03. The van der Waals surface area contributed by atoms with E-state index in [0.29, 0.717) is 6.04 Å². The van der Waals surface area contributed by atoms with Crippen LogP contribution in [-0.2, 0) is 6.54 Å². The van der Waals surface area contributed by atoms with Crippen LogP contribution in [0.5, 0.6) is 5.75 Å². The Morgan fingerprint density at radius 3 is 2.47 bits per heavy atom. The fraction of sp³-hybridized carbons (Fsp3) is 0.286. The van der Waals surface area contributed by atoms with E-state index in [4.69, 9.17) is 4.74 Å². The highest BCUT2D eigenvalue weighted by molar-refractivity contribution is 9.13. The molecule has 2 aromatic rings. The van der Waals surface area contributed by atoms with Gasteiger partial charge in [-0.15, -0.1) is 11.3 Å². The van der Waals surface area contributed by atoms with Gasteiger partial charge in [-0.05, 0) is 62.5 Å². The molecule has 1 aromatic carbocycles. The zero-order valence-corrected chi connectivity index (χ0v) is 14.7. The van der Waals surface area contributed by atoms with E-state index in [1.165, 1.54) is 10.4 Å². The van der Waals surface area contributed by atoms with E-state index in [-0.39, 0.29) is 0 Å². The molecule has 5 heteroatoms. The van der Waals surface area contributed by atoms with Crippen molar-refractivity contribution in [1.29, 1.82) is 0 Å². The van der Waals surface area contributed by atoms with Gasteiger partial charge in [-0.2, -0.15) is 0 Å². The van der Waals surface area contributed by atoms with Crippen molar-refractivity contribution in [2.45, 2.75) is 19.5 Å². The predicted octanol–water partition coefficient (Wildman–Crippen LogP) is 5.13. The number of ether oxygens (including phenoxy) is 1. The molecule has 0 bridgehead atoms. The molecule has 0 fully saturated rings. The number of hydrogen-bond acceptors (Lipinski definition) is 3. The summed E-state index contributed by atoms with van der Waals surface area (Å²) in [6.07, 6.45) is 0. The Bertz CT molecular complexity index is 519. The van der Waals surface area contributed by atoms with Crippen LogP contribution in [0, 0.1) is 0 Å². The third kappa shape index (κ3) is 4.05. The van der Waals surface area contributed by atoms with Crippen molar-refractivity contribution in [2.75, 3.05) is 7.11 Å². The van der Waals surface area contributed by atoms with Crippen LogP contribution in [-0.4, -0.2) is 7.11 Å². The number of rotatable bonds is 5. The second-order valence-electron chi connectivity index (χ2n) is 4.21. The summed E-state index contributed by atoms with van der Waals surface area (Å²) in [7, 11) is 1.68. The zero-order valence-electron chi connectivity index (χ0n) is 10.7. The van der Waals surface area contributed by atoms with Crippen LogP contribution < -0.4 is 10.1 Å². The first-order valence-corrected chi connectivity index (χ1v) is 8.31. The van der Waals surface area contributed by atoms with Gasteiger partial charge in [0.15, 0.2) is 0 Å². The number of thiophene rings is 1. The molecule has 0 aliphatic rings.